The predicted octanol–water partition coefficient (Wildman–Crippen LogP) is 5.83. The average Bonchev–Trinajstić information content (AvgIpc) is 3.28. The van der Waals surface area contributed by atoms with Gasteiger partial charge >= 0.3 is 6.18 Å². The Kier molecular flexibility index (Phi) is 6.25. The zero-order valence-electron chi connectivity index (χ0n) is 18.7. The van der Waals surface area contributed by atoms with Crippen molar-refractivity contribution >= 4 is 15.5 Å². The van der Waals surface area contributed by atoms with Gasteiger partial charge in [0, 0.05) is 23.7 Å². The summed E-state index contributed by atoms with van der Waals surface area (Å²) in [6.07, 6.45) is -1.97. The fourth-order valence-electron chi connectivity index (χ4n) is 3.64. The van der Waals surface area contributed by atoms with Crippen LogP contribution in [0.4, 0.5) is 13.2 Å². The van der Waals surface area contributed by atoms with E-state index in [9.17, 15) is 26.8 Å². The number of rotatable bonds is 5. The van der Waals surface area contributed by atoms with Gasteiger partial charge in [-0.05, 0) is 48.4 Å². The van der Waals surface area contributed by atoms with Crippen molar-refractivity contribution in [2.75, 3.05) is 6.26 Å². The predicted molar refractivity (Wildman–Crippen MR) is 127 cm³/mol. The maximum atomic E-state index is 13.7. The van der Waals surface area contributed by atoms with Gasteiger partial charge in [0.05, 0.1) is 10.5 Å². The molecule has 0 unspecified atom stereocenters. The average molecular weight is 500 g/mol. The van der Waals surface area contributed by atoms with Crippen molar-refractivity contribution in [3.63, 3.8) is 0 Å². The maximum Gasteiger partial charge on any atom is 0.417 e. The molecule has 0 saturated carbocycles. The first-order chi connectivity index (χ1) is 16.5. The second kappa shape index (κ2) is 9.03. The van der Waals surface area contributed by atoms with Crippen LogP contribution in [-0.2, 0) is 16.0 Å². The van der Waals surface area contributed by atoms with Crippen LogP contribution in [0.5, 0.6) is 0 Å². The Bertz CT molecular complexity index is 1520. The summed E-state index contributed by atoms with van der Waals surface area (Å²) in [6.45, 7) is 1.49. The molecular weight excluding hydrogens is 479 g/mol. The van der Waals surface area contributed by atoms with Gasteiger partial charge in [-0.3, -0.25) is 4.57 Å². The number of oxime groups is 1. The minimum atomic E-state index is -4.60. The normalized spacial score (nSPS) is 12.7. The SMILES string of the molecule is CC(=NO)c1cn(-c2ccc(-c3cccc(S(C)(=O)=O)c3)cc2)c(-c2ccccc2C(F)(F)F)n1. The van der Waals surface area contributed by atoms with Crippen LogP contribution < -0.4 is 0 Å². The Labute approximate surface area is 199 Å². The summed E-state index contributed by atoms with van der Waals surface area (Å²) in [5, 5.41) is 12.3. The van der Waals surface area contributed by atoms with E-state index in [2.05, 4.69) is 10.1 Å². The van der Waals surface area contributed by atoms with Gasteiger partial charge in [-0.2, -0.15) is 13.2 Å². The third kappa shape index (κ3) is 4.97. The van der Waals surface area contributed by atoms with E-state index in [0.717, 1.165) is 17.9 Å². The second-order valence-corrected chi connectivity index (χ2v) is 9.91. The molecule has 0 aliphatic heterocycles. The Hall–Kier alpha value is -3.92. The highest BCUT2D eigenvalue weighted by molar-refractivity contribution is 7.90. The van der Waals surface area contributed by atoms with E-state index < -0.39 is 21.6 Å². The van der Waals surface area contributed by atoms with Gasteiger partial charge < -0.3 is 5.21 Å². The lowest BCUT2D eigenvalue weighted by molar-refractivity contribution is -0.137. The summed E-state index contributed by atoms with van der Waals surface area (Å²) in [4.78, 5) is 4.51. The summed E-state index contributed by atoms with van der Waals surface area (Å²) >= 11 is 0. The zero-order chi connectivity index (χ0) is 25.4. The Morgan fingerprint density at radius 1 is 0.971 bits per heavy atom. The maximum absolute atomic E-state index is 13.7. The fourth-order valence-corrected chi connectivity index (χ4v) is 4.31. The van der Waals surface area contributed by atoms with E-state index in [1.54, 1.807) is 42.5 Å². The van der Waals surface area contributed by atoms with Gasteiger partial charge in [-0.15, -0.1) is 0 Å². The molecule has 6 nitrogen and oxygen atoms in total. The lowest BCUT2D eigenvalue weighted by Crippen LogP contribution is -2.09. The van der Waals surface area contributed by atoms with Crippen LogP contribution in [0, 0.1) is 0 Å². The van der Waals surface area contributed by atoms with E-state index >= 15 is 0 Å². The van der Waals surface area contributed by atoms with Gasteiger partial charge in [0.2, 0.25) is 0 Å². The number of sulfone groups is 1. The summed E-state index contributed by atoms with van der Waals surface area (Å²) < 4.78 is 66.4. The highest BCUT2D eigenvalue weighted by atomic mass is 32.2. The molecule has 4 rings (SSSR count). The highest BCUT2D eigenvalue weighted by Crippen LogP contribution is 2.37. The Morgan fingerprint density at radius 3 is 2.29 bits per heavy atom. The molecule has 180 valence electrons. The summed E-state index contributed by atoms with van der Waals surface area (Å²) in [7, 11) is -3.38. The van der Waals surface area contributed by atoms with Crippen LogP contribution >= 0.6 is 0 Å². The van der Waals surface area contributed by atoms with E-state index in [4.69, 9.17) is 0 Å². The minimum absolute atomic E-state index is 0.0303. The molecule has 0 fully saturated rings. The smallest absolute Gasteiger partial charge is 0.411 e. The molecule has 0 bridgehead atoms. The first-order valence-electron chi connectivity index (χ1n) is 10.3. The van der Waals surface area contributed by atoms with Crippen molar-refractivity contribution in [2.24, 2.45) is 5.16 Å². The van der Waals surface area contributed by atoms with Gasteiger partial charge in [-0.25, -0.2) is 13.4 Å². The molecule has 1 N–H and O–H groups in total. The molecular formula is C25H20F3N3O3S. The molecule has 0 spiro atoms. The lowest BCUT2D eigenvalue weighted by Gasteiger charge is -2.14. The largest absolute Gasteiger partial charge is 0.417 e. The van der Waals surface area contributed by atoms with Crippen molar-refractivity contribution in [1.29, 1.82) is 0 Å². The molecule has 0 amide bonds. The number of nitrogens with zero attached hydrogens (tertiary/aromatic N) is 3. The quantitative estimate of drug-likeness (QED) is 0.213. The number of halogens is 3. The number of aromatic nitrogens is 2. The second-order valence-electron chi connectivity index (χ2n) is 7.90. The summed E-state index contributed by atoms with van der Waals surface area (Å²) in [5.74, 6) is 0.0303. The van der Waals surface area contributed by atoms with Crippen molar-refractivity contribution in [1.82, 2.24) is 9.55 Å². The third-order valence-electron chi connectivity index (χ3n) is 5.44. The van der Waals surface area contributed by atoms with Crippen molar-refractivity contribution in [3.05, 3.63) is 90.3 Å². The summed E-state index contributed by atoms with van der Waals surface area (Å²) in [6, 6.07) is 18.5. The monoisotopic (exact) mass is 499 g/mol. The van der Waals surface area contributed by atoms with Crippen molar-refractivity contribution in [2.45, 2.75) is 18.0 Å². The first-order valence-corrected chi connectivity index (χ1v) is 12.2. The van der Waals surface area contributed by atoms with Crippen LogP contribution in [0.2, 0.25) is 0 Å². The van der Waals surface area contributed by atoms with Gasteiger partial charge in [0.1, 0.15) is 17.2 Å². The number of hydrogen-bond acceptors (Lipinski definition) is 5. The molecule has 0 aliphatic rings. The van der Waals surface area contributed by atoms with Crippen LogP contribution in [-0.4, -0.2) is 35.1 Å². The number of imidazole rings is 1. The number of benzene rings is 3. The highest BCUT2D eigenvalue weighted by Gasteiger charge is 2.34. The molecule has 4 aromatic rings. The molecule has 35 heavy (non-hydrogen) atoms. The van der Waals surface area contributed by atoms with Crippen LogP contribution in [0.3, 0.4) is 0 Å². The Morgan fingerprint density at radius 2 is 1.66 bits per heavy atom. The molecule has 0 radical (unpaired) electrons. The molecule has 1 heterocycles. The van der Waals surface area contributed by atoms with E-state index in [1.807, 2.05) is 0 Å². The molecule has 0 atom stereocenters. The van der Waals surface area contributed by atoms with Gasteiger partial charge in [-0.1, -0.05) is 47.6 Å². The Balaban J connectivity index is 1.84. The zero-order valence-corrected chi connectivity index (χ0v) is 19.5. The molecule has 0 aliphatic carbocycles. The molecule has 1 aromatic heterocycles. The minimum Gasteiger partial charge on any atom is -0.411 e. The first kappa shape index (κ1) is 24.2. The topological polar surface area (TPSA) is 84.5 Å². The molecule has 3 aromatic carbocycles. The van der Waals surface area contributed by atoms with Crippen LogP contribution in [0.1, 0.15) is 18.2 Å². The number of hydrogen-bond donors (Lipinski definition) is 1. The standard InChI is InChI=1S/C25H20F3N3O3S/c1-16(30-32)23-15-31(24(29-23)21-8-3-4-9-22(21)25(26,27)28)19-12-10-17(11-13-19)18-6-5-7-20(14-18)35(2,33)34/h3-15,32H,1-2H3. The van der Waals surface area contributed by atoms with Gasteiger partial charge in [0.25, 0.3) is 0 Å². The van der Waals surface area contributed by atoms with E-state index in [0.29, 0.717) is 11.3 Å². The summed E-state index contributed by atoms with van der Waals surface area (Å²) in [5.41, 5.74) is 1.31. The van der Waals surface area contributed by atoms with Crippen molar-refractivity contribution in [3.8, 4) is 28.2 Å². The van der Waals surface area contributed by atoms with Crippen LogP contribution in [0.25, 0.3) is 28.2 Å². The van der Waals surface area contributed by atoms with Crippen molar-refractivity contribution < 1.29 is 26.8 Å². The molecule has 0 saturated heterocycles. The third-order valence-corrected chi connectivity index (χ3v) is 6.55. The lowest BCUT2D eigenvalue weighted by atomic mass is 10.0. The van der Waals surface area contributed by atoms with E-state index in [-0.39, 0.29) is 27.7 Å². The van der Waals surface area contributed by atoms with E-state index in [1.165, 1.54) is 42.0 Å². The number of alkyl halides is 3. The molecule has 10 heteroatoms. The fraction of sp³-hybridized carbons (Fsp3) is 0.120. The van der Waals surface area contributed by atoms with Crippen LogP contribution in [0.15, 0.2) is 89.0 Å². The van der Waals surface area contributed by atoms with Gasteiger partial charge in [0.15, 0.2) is 9.84 Å².